The van der Waals surface area contributed by atoms with Crippen LogP contribution in [0.2, 0.25) is 5.02 Å². The second kappa shape index (κ2) is 6.43. The van der Waals surface area contributed by atoms with Crippen molar-refractivity contribution < 1.29 is 9.47 Å². The van der Waals surface area contributed by atoms with Crippen molar-refractivity contribution in [1.29, 1.82) is 0 Å². The van der Waals surface area contributed by atoms with Crippen LogP contribution in [0.4, 0.5) is 5.69 Å². The largest absolute Gasteiger partial charge is 0.481 e. The first-order valence-corrected chi connectivity index (χ1v) is 6.45. The first-order chi connectivity index (χ1) is 9.65. The van der Waals surface area contributed by atoms with Crippen LogP contribution in [-0.2, 0) is 6.54 Å². The fourth-order valence-corrected chi connectivity index (χ4v) is 2.13. The van der Waals surface area contributed by atoms with E-state index in [0.717, 1.165) is 16.8 Å². The van der Waals surface area contributed by atoms with Gasteiger partial charge in [0.25, 0.3) is 0 Å². The molecule has 0 radical (unpaired) electrons. The van der Waals surface area contributed by atoms with Crippen molar-refractivity contribution in [2.45, 2.75) is 13.5 Å². The molecule has 6 heteroatoms. The Morgan fingerprint density at radius 1 is 1.15 bits per heavy atom. The molecule has 20 heavy (non-hydrogen) atoms. The highest BCUT2D eigenvalue weighted by atomic mass is 35.5. The summed E-state index contributed by atoms with van der Waals surface area (Å²) in [5, 5.41) is 3.90. The van der Waals surface area contributed by atoms with Crippen LogP contribution in [0.5, 0.6) is 11.8 Å². The maximum absolute atomic E-state index is 6.19. The van der Waals surface area contributed by atoms with E-state index in [9.17, 15) is 0 Å². The molecular weight excluding hydrogens is 278 g/mol. The van der Waals surface area contributed by atoms with Gasteiger partial charge in [-0.3, -0.25) is 0 Å². The number of nitrogens with zero attached hydrogens (tertiary/aromatic N) is 2. The van der Waals surface area contributed by atoms with Gasteiger partial charge in [-0.25, -0.2) is 9.97 Å². The molecule has 0 saturated heterocycles. The zero-order valence-electron chi connectivity index (χ0n) is 11.6. The molecule has 1 N–H and O–H groups in total. The van der Waals surface area contributed by atoms with Crippen LogP contribution in [0.1, 0.15) is 11.1 Å². The maximum atomic E-state index is 6.19. The average Bonchev–Trinajstić information content (AvgIpc) is 2.46. The smallest absolute Gasteiger partial charge is 0.225 e. The Morgan fingerprint density at radius 3 is 2.35 bits per heavy atom. The minimum atomic E-state index is 0.454. The number of benzene rings is 1. The maximum Gasteiger partial charge on any atom is 0.225 e. The third-order valence-electron chi connectivity index (χ3n) is 2.83. The van der Waals surface area contributed by atoms with Crippen molar-refractivity contribution in [3.63, 3.8) is 0 Å². The predicted octanol–water partition coefficient (Wildman–Crippen LogP) is 3.07. The summed E-state index contributed by atoms with van der Waals surface area (Å²) in [6.07, 6.45) is 1.40. The van der Waals surface area contributed by atoms with Gasteiger partial charge in [-0.2, -0.15) is 0 Å². The predicted molar refractivity (Wildman–Crippen MR) is 78.7 cm³/mol. The molecule has 0 aliphatic rings. The van der Waals surface area contributed by atoms with Crippen molar-refractivity contribution in [1.82, 2.24) is 9.97 Å². The van der Waals surface area contributed by atoms with Gasteiger partial charge in [0.15, 0.2) is 0 Å². The third-order valence-corrected chi connectivity index (χ3v) is 3.15. The number of hydrogen-bond acceptors (Lipinski definition) is 5. The van der Waals surface area contributed by atoms with Crippen LogP contribution in [0.15, 0.2) is 24.5 Å². The van der Waals surface area contributed by atoms with Crippen LogP contribution in [0.25, 0.3) is 0 Å². The Hall–Kier alpha value is -2.01. The number of aryl methyl sites for hydroxylation is 1. The Bertz CT molecular complexity index is 583. The fourth-order valence-electron chi connectivity index (χ4n) is 1.83. The molecule has 106 valence electrons. The lowest BCUT2D eigenvalue weighted by Crippen LogP contribution is -2.07. The molecular formula is C14H16ClN3O2. The van der Waals surface area contributed by atoms with Gasteiger partial charge in [0, 0.05) is 0 Å². The highest BCUT2D eigenvalue weighted by Gasteiger charge is 2.13. The minimum Gasteiger partial charge on any atom is -0.481 e. The van der Waals surface area contributed by atoms with E-state index in [1.165, 1.54) is 6.33 Å². The normalized spacial score (nSPS) is 10.2. The van der Waals surface area contributed by atoms with E-state index in [4.69, 9.17) is 21.1 Å². The van der Waals surface area contributed by atoms with E-state index in [0.29, 0.717) is 23.3 Å². The summed E-state index contributed by atoms with van der Waals surface area (Å²) in [5.74, 6) is 0.958. The average molecular weight is 294 g/mol. The molecule has 0 aliphatic carbocycles. The number of methoxy groups -OCH3 is 2. The summed E-state index contributed by atoms with van der Waals surface area (Å²) >= 11 is 6.19. The molecule has 0 atom stereocenters. The minimum absolute atomic E-state index is 0.454. The number of anilines is 1. The fraction of sp³-hybridized carbons (Fsp3) is 0.286. The summed E-state index contributed by atoms with van der Waals surface area (Å²) < 4.78 is 10.4. The van der Waals surface area contributed by atoms with Gasteiger partial charge >= 0.3 is 0 Å². The standard InChI is InChI=1S/C14H16ClN3O2/c1-9-4-5-12(11(15)6-9)16-7-10-13(19-2)17-8-18-14(10)20-3/h4-6,8,16H,7H2,1-3H3. The SMILES string of the molecule is COc1ncnc(OC)c1CNc1ccc(C)cc1Cl. The highest BCUT2D eigenvalue weighted by molar-refractivity contribution is 6.33. The number of halogens is 1. The van der Waals surface area contributed by atoms with Gasteiger partial charge in [0.1, 0.15) is 6.33 Å². The molecule has 0 fully saturated rings. The number of hydrogen-bond donors (Lipinski definition) is 1. The summed E-state index contributed by atoms with van der Waals surface area (Å²) in [4.78, 5) is 8.14. The number of nitrogens with one attached hydrogen (secondary N) is 1. The third kappa shape index (κ3) is 3.11. The molecule has 1 heterocycles. The van der Waals surface area contributed by atoms with E-state index >= 15 is 0 Å². The lowest BCUT2D eigenvalue weighted by atomic mass is 10.2. The van der Waals surface area contributed by atoms with Gasteiger partial charge in [0.2, 0.25) is 11.8 Å². The van der Waals surface area contributed by atoms with Crippen LogP contribution >= 0.6 is 11.6 Å². The summed E-state index contributed by atoms with van der Waals surface area (Å²) in [6, 6.07) is 5.82. The molecule has 0 spiro atoms. The van der Waals surface area contributed by atoms with Gasteiger partial charge in [-0.05, 0) is 24.6 Å². The molecule has 0 amide bonds. The van der Waals surface area contributed by atoms with E-state index < -0.39 is 0 Å². The molecule has 0 bridgehead atoms. The van der Waals surface area contributed by atoms with Crippen molar-refractivity contribution in [3.8, 4) is 11.8 Å². The Morgan fingerprint density at radius 2 is 1.80 bits per heavy atom. The second-order valence-corrected chi connectivity index (χ2v) is 4.61. The van der Waals surface area contributed by atoms with Crippen molar-refractivity contribution >= 4 is 17.3 Å². The first-order valence-electron chi connectivity index (χ1n) is 6.07. The quantitative estimate of drug-likeness (QED) is 0.918. The lowest BCUT2D eigenvalue weighted by Gasteiger charge is -2.13. The van der Waals surface area contributed by atoms with E-state index in [-0.39, 0.29) is 0 Å². The Labute approximate surface area is 122 Å². The van der Waals surface area contributed by atoms with Crippen LogP contribution < -0.4 is 14.8 Å². The zero-order chi connectivity index (χ0) is 14.5. The summed E-state index contributed by atoms with van der Waals surface area (Å²) in [7, 11) is 3.12. The molecule has 5 nitrogen and oxygen atoms in total. The summed E-state index contributed by atoms with van der Waals surface area (Å²) in [5.41, 5.74) is 2.69. The molecule has 0 unspecified atom stereocenters. The molecule has 2 rings (SSSR count). The highest BCUT2D eigenvalue weighted by Crippen LogP contribution is 2.27. The van der Waals surface area contributed by atoms with Crippen molar-refractivity contribution in [2.24, 2.45) is 0 Å². The molecule has 0 aliphatic heterocycles. The van der Waals surface area contributed by atoms with Crippen LogP contribution in [-0.4, -0.2) is 24.2 Å². The van der Waals surface area contributed by atoms with Crippen molar-refractivity contribution in [2.75, 3.05) is 19.5 Å². The van der Waals surface area contributed by atoms with E-state index in [2.05, 4.69) is 15.3 Å². The molecule has 2 aromatic rings. The lowest BCUT2D eigenvalue weighted by molar-refractivity contribution is 0.363. The topological polar surface area (TPSA) is 56.3 Å². The first kappa shape index (κ1) is 14.4. The van der Waals surface area contributed by atoms with Gasteiger partial charge in [0.05, 0.1) is 37.0 Å². The number of ether oxygens (including phenoxy) is 2. The monoisotopic (exact) mass is 293 g/mol. The molecule has 1 aromatic heterocycles. The van der Waals surface area contributed by atoms with Crippen molar-refractivity contribution in [3.05, 3.63) is 40.7 Å². The number of aromatic nitrogens is 2. The van der Waals surface area contributed by atoms with Gasteiger partial charge in [-0.15, -0.1) is 0 Å². The zero-order valence-corrected chi connectivity index (χ0v) is 12.4. The Balaban J connectivity index is 2.22. The molecule has 1 aromatic carbocycles. The van der Waals surface area contributed by atoms with Crippen LogP contribution in [0, 0.1) is 6.92 Å². The molecule has 0 saturated carbocycles. The van der Waals surface area contributed by atoms with E-state index in [1.807, 2.05) is 25.1 Å². The Kier molecular flexibility index (Phi) is 4.63. The second-order valence-electron chi connectivity index (χ2n) is 4.21. The summed E-state index contributed by atoms with van der Waals surface area (Å²) in [6.45, 7) is 2.45. The van der Waals surface area contributed by atoms with Crippen LogP contribution in [0.3, 0.4) is 0 Å². The number of rotatable bonds is 5. The van der Waals surface area contributed by atoms with E-state index in [1.54, 1.807) is 14.2 Å². The van der Waals surface area contributed by atoms with Gasteiger partial charge in [-0.1, -0.05) is 17.7 Å². The van der Waals surface area contributed by atoms with Gasteiger partial charge < -0.3 is 14.8 Å².